The molecule has 0 aliphatic heterocycles. The number of rotatable bonds is 68. The van der Waals surface area contributed by atoms with Gasteiger partial charge in [-0.15, -0.1) is 0 Å². The molecule has 0 fully saturated rings. The molecule has 0 heterocycles. The molecule has 2 unspecified atom stereocenters. The number of nitrogens with one attached hydrogen (secondary N) is 1. The second-order valence-corrected chi connectivity index (χ2v) is 24.9. The number of unbranched alkanes of at least 4 members (excludes halogenated alkanes) is 55. The summed E-state index contributed by atoms with van der Waals surface area (Å²) in [6, 6.07) is -0.540. The molecule has 78 heavy (non-hydrogen) atoms. The van der Waals surface area contributed by atoms with Crippen LogP contribution in [0.15, 0.2) is 12.2 Å². The Hall–Kier alpha value is -1.40. The minimum absolute atomic E-state index is 0.0188. The molecule has 6 nitrogen and oxygen atoms in total. The molecule has 0 aromatic heterocycles. The molecule has 0 spiro atoms. The molecule has 0 bridgehead atoms. The van der Waals surface area contributed by atoms with Gasteiger partial charge in [-0.25, -0.2) is 0 Å². The van der Waals surface area contributed by atoms with Gasteiger partial charge in [0.15, 0.2) is 0 Å². The van der Waals surface area contributed by atoms with Crippen molar-refractivity contribution in [1.29, 1.82) is 0 Å². The first-order valence-corrected chi connectivity index (χ1v) is 35.9. The first-order valence-electron chi connectivity index (χ1n) is 35.9. The van der Waals surface area contributed by atoms with Gasteiger partial charge in [0.05, 0.1) is 25.4 Å². The Bertz CT molecular complexity index is 1180. The highest BCUT2D eigenvalue weighted by molar-refractivity contribution is 5.76. The quantitative estimate of drug-likeness (QED) is 0.0320. The molecule has 1 amide bonds. The highest BCUT2D eigenvalue weighted by atomic mass is 16.5. The Kier molecular flexibility index (Phi) is 66.9. The monoisotopic (exact) mass is 1100 g/mol. The number of amides is 1. The van der Waals surface area contributed by atoms with E-state index in [4.69, 9.17) is 4.74 Å². The van der Waals surface area contributed by atoms with Crippen LogP contribution < -0.4 is 5.32 Å². The number of aliphatic hydroxyl groups is 2. The van der Waals surface area contributed by atoms with E-state index in [9.17, 15) is 19.8 Å². The SMILES string of the molecule is CCCCCCCCCCCCCCCCCCCCCC(O)C(CO)NC(=O)CCCCCCCCCCCCCCCC/C=C\CCCCCCCCCCCCCCOC(=O)CCCCCCCCCCCCCC. The molecule has 0 saturated carbocycles. The lowest BCUT2D eigenvalue weighted by Crippen LogP contribution is -2.45. The predicted molar refractivity (Wildman–Crippen MR) is 343 cm³/mol. The molecular weight excluding hydrogens is 959 g/mol. The van der Waals surface area contributed by atoms with E-state index in [1.807, 2.05) is 0 Å². The predicted octanol–water partition coefficient (Wildman–Crippen LogP) is 23.1. The Balaban J connectivity index is 3.36. The van der Waals surface area contributed by atoms with Crippen LogP contribution in [0.2, 0.25) is 0 Å². The van der Waals surface area contributed by atoms with Crippen LogP contribution >= 0.6 is 0 Å². The minimum Gasteiger partial charge on any atom is -0.466 e. The average molecular weight is 1100 g/mol. The maximum atomic E-state index is 12.5. The Labute approximate surface area is 489 Å². The van der Waals surface area contributed by atoms with Crippen molar-refractivity contribution >= 4 is 11.9 Å². The number of hydrogen-bond acceptors (Lipinski definition) is 5. The second-order valence-electron chi connectivity index (χ2n) is 24.9. The van der Waals surface area contributed by atoms with Crippen LogP contribution in [0.3, 0.4) is 0 Å². The van der Waals surface area contributed by atoms with Crippen LogP contribution in [0.5, 0.6) is 0 Å². The van der Waals surface area contributed by atoms with Gasteiger partial charge in [-0.05, 0) is 51.4 Å². The number of allylic oxidation sites excluding steroid dienone is 2. The summed E-state index contributed by atoms with van der Waals surface area (Å²) < 4.78 is 5.48. The van der Waals surface area contributed by atoms with Gasteiger partial charge in [0, 0.05) is 12.8 Å². The van der Waals surface area contributed by atoms with Crippen LogP contribution in [0.1, 0.15) is 412 Å². The van der Waals surface area contributed by atoms with Gasteiger partial charge in [-0.3, -0.25) is 9.59 Å². The standard InChI is InChI=1S/C72H141NO5/c1-3-5-7-9-11-13-15-17-18-19-32-35-38-41-44-48-52-56-60-64-70(75)69(68-74)73-71(76)65-61-57-53-49-45-42-39-36-33-30-28-26-24-22-20-21-23-25-27-29-31-34-37-40-43-47-51-55-59-63-67-78-72(77)66-62-58-54-50-46-16-14-12-10-8-6-4-2/h21,23,69-70,74-75H,3-20,22,24-68H2,1-2H3,(H,73,76)/b23-21-. The summed E-state index contributed by atoms with van der Waals surface area (Å²) in [4.78, 5) is 24.6. The van der Waals surface area contributed by atoms with E-state index < -0.39 is 12.1 Å². The lowest BCUT2D eigenvalue weighted by molar-refractivity contribution is -0.143. The maximum absolute atomic E-state index is 12.5. The van der Waals surface area contributed by atoms with Crippen molar-refractivity contribution < 1.29 is 24.5 Å². The van der Waals surface area contributed by atoms with Crippen LogP contribution in [0.25, 0.3) is 0 Å². The second kappa shape index (κ2) is 68.1. The summed E-state index contributed by atoms with van der Waals surface area (Å²) in [5, 5.41) is 23.4. The summed E-state index contributed by atoms with van der Waals surface area (Å²) in [5.41, 5.74) is 0. The van der Waals surface area contributed by atoms with Crippen molar-refractivity contribution in [3.63, 3.8) is 0 Å². The molecule has 0 aromatic rings. The van der Waals surface area contributed by atoms with Crippen molar-refractivity contribution in [3.05, 3.63) is 12.2 Å². The van der Waals surface area contributed by atoms with Crippen molar-refractivity contribution in [1.82, 2.24) is 5.32 Å². The summed E-state index contributed by atoms with van der Waals surface area (Å²) in [5.74, 6) is -0.0101. The molecule has 0 saturated heterocycles. The van der Waals surface area contributed by atoms with Gasteiger partial charge < -0.3 is 20.3 Å². The Morgan fingerprint density at radius 1 is 0.346 bits per heavy atom. The molecule has 0 aliphatic carbocycles. The van der Waals surface area contributed by atoms with Crippen LogP contribution in [0.4, 0.5) is 0 Å². The average Bonchev–Trinajstić information content (AvgIpc) is 3.44. The molecule has 0 aliphatic rings. The fourth-order valence-corrected chi connectivity index (χ4v) is 11.6. The van der Waals surface area contributed by atoms with E-state index in [1.165, 1.54) is 340 Å². The number of aliphatic hydroxyl groups excluding tert-OH is 2. The van der Waals surface area contributed by atoms with Crippen molar-refractivity contribution in [2.45, 2.75) is 424 Å². The Morgan fingerprint density at radius 3 is 0.910 bits per heavy atom. The fourth-order valence-electron chi connectivity index (χ4n) is 11.6. The normalized spacial score (nSPS) is 12.5. The lowest BCUT2D eigenvalue weighted by atomic mass is 10.0. The van der Waals surface area contributed by atoms with Crippen LogP contribution in [0, 0.1) is 0 Å². The van der Waals surface area contributed by atoms with Gasteiger partial charge in [0.1, 0.15) is 0 Å². The van der Waals surface area contributed by atoms with Crippen LogP contribution in [-0.2, 0) is 14.3 Å². The summed E-state index contributed by atoms with van der Waals surface area (Å²) in [7, 11) is 0. The lowest BCUT2D eigenvalue weighted by Gasteiger charge is -2.22. The fraction of sp³-hybridized carbons (Fsp3) is 0.944. The third-order valence-corrected chi connectivity index (χ3v) is 17.1. The molecule has 6 heteroatoms. The van der Waals surface area contributed by atoms with Gasteiger partial charge >= 0.3 is 5.97 Å². The highest BCUT2D eigenvalue weighted by Gasteiger charge is 2.20. The molecular formula is C72H141NO5. The number of carbonyl (C=O) groups excluding carboxylic acids is 2. The van der Waals surface area contributed by atoms with E-state index in [-0.39, 0.29) is 18.5 Å². The number of ether oxygens (including phenoxy) is 1. The zero-order valence-corrected chi connectivity index (χ0v) is 53.2. The topological polar surface area (TPSA) is 95.9 Å². The van der Waals surface area contributed by atoms with Crippen molar-refractivity contribution in [3.8, 4) is 0 Å². The highest BCUT2D eigenvalue weighted by Crippen LogP contribution is 2.19. The summed E-state index contributed by atoms with van der Waals surface area (Å²) in [6.45, 7) is 5.00. The third-order valence-electron chi connectivity index (χ3n) is 17.1. The molecule has 3 N–H and O–H groups in total. The first kappa shape index (κ1) is 76.6. The molecule has 2 atom stereocenters. The zero-order valence-electron chi connectivity index (χ0n) is 53.2. The zero-order chi connectivity index (χ0) is 56.4. The molecule has 0 radical (unpaired) electrons. The van der Waals surface area contributed by atoms with E-state index in [0.29, 0.717) is 25.9 Å². The molecule has 0 aromatic carbocycles. The third kappa shape index (κ3) is 63.8. The molecule has 0 rings (SSSR count). The Morgan fingerprint density at radius 2 is 0.603 bits per heavy atom. The van der Waals surface area contributed by atoms with Crippen molar-refractivity contribution in [2.75, 3.05) is 13.2 Å². The van der Waals surface area contributed by atoms with Gasteiger partial charge in [0.2, 0.25) is 5.91 Å². The van der Waals surface area contributed by atoms with E-state index in [0.717, 1.165) is 38.5 Å². The summed E-state index contributed by atoms with van der Waals surface area (Å²) >= 11 is 0. The molecule has 464 valence electrons. The smallest absolute Gasteiger partial charge is 0.305 e. The first-order chi connectivity index (χ1) is 38.5. The van der Waals surface area contributed by atoms with Gasteiger partial charge in [-0.1, -0.05) is 360 Å². The van der Waals surface area contributed by atoms with Crippen molar-refractivity contribution in [2.24, 2.45) is 0 Å². The van der Waals surface area contributed by atoms with Gasteiger partial charge in [0.25, 0.3) is 0 Å². The number of carbonyl (C=O) groups is 2. The number of hydrogen-bond donors (Lipinski definition) is 3. The maximum Gasteiger partial charge on any atom is 0.305 e. The summed E-state index contributed by atoms with van der Waals surface area (Å²) in [6.07, 6.45) is 84.1. The van der Waals surface area contributed by atoms with E-state index >= 15 is 0 Å². The van der Waals surface area contributed by atoms with E-state index in [2.05, 4.69) is 31.3 Å². The van der Waals surface area contributed by atoms with Crippen LogP contribution in [-0.4, -0.2) is 47.4 Å². The van der Waals surface area contributed by atoms with Gasteiger partial charge in [-0.2, -0.15) is 0 Å². The van der Waals surface area contributed by atoms with E-state index in [1.54, 1.807) is 0 Å². The largest absolute Gasteiger partial charge is 0.466 e. The minimum atomic E-state index is -0.663. The number of esters is 1.